The van der Waals surface area contributed by atoms with Gasteiger partial charge in [-0.2, -0.15) is 8.42 Å². The molecule has 17 heteroatoms. The molecule has 240 valence electrons. The molecule has 2 heterocycles. The Kier molecular flexibility index (Phi) is 13.3. The molecule has 2 aromatic rings. The number of rotatable bonds is 7. The summed E-state index contributed by atoms with van der Waals surface area (Å²) >= 11 is 0. The number of nitro groups is 1. The maximum atomic E-state index is 12.2. The van der Waals surface area contributed by atoms with Crippen molar-refractivity contribution in [1.82, 2.24) is 9.80 Å². The third-order valence-corrected chi connectivity index (χ3v) is 7.62. The topological polar surface area (TPSA) is 257 Å². The van der Waals surface area contributed by atoms with Crippen LogP contribution >= 0.6 is 0 Å². The van der Waals surface area contributed by atoms with Crippen LogP contribution in [-0.2, 0) is 29.3 Å². The Bertz CT molecular complexity index is 1430. The number of anilines is 1. The lowest BCUT2D eigenvalue weighted by molar-refractivity contribution is -0.384. The van der Waals surface area contributed by atoms with Crippen LogP contribution in [0.5, 0.6) is 0 Å². The first-order valence-electron chi connectivity index (χ1n) is 13.5. The van der Waals surface area contributed by atoms with E-state index in [2.05, 4.69) is 5.32 Å². The van der Waals surface area contributed by atoms with E-state index in [1.165, 1.54) is 46.2 Å². The summed E-state index contributed by atoms with van der Waals surface area (Å²) in [4.78, 5) is 58.3. The van der Waals surface area contributed by atoms with Crippen molar-refractivity contribution in [2.24, 2.45) is 11.5 Å². The zero-order valence-corrected chi connectivity index (χ0v) is 24.8. The molecule has 0 radical (unpaired) electrons. The number of carbonyl (C=O) groups is 4. The van der Waals surface area contributed by atoms with Crippen molar-refractivity contribution in [2.75, 3.05) is 31.5 Å². The van der Waals surface area contributed by atoms with Crippen LogP contribution in [0.2, 0.25) is 0 Å². The smallest absolute Gasteiger partial charge is 0.326 e. The second-order valence-electron chi connectivity index (χ2n) is 9.82. The van der Waals surface area contributed by atoms with Crippen LogP contribution in [0.3, 0.4) is 0 Å². The number of aliphatic carboxylic acids is 1. The summed E-state index contributed by atoms with van der Waals surface area (Å²) in [5.74, 6) is -1.77. The Hall–Kier alpha value is -4.45. The second kappa shape index (κ2) is 16.4. The molecule has 2 fully saturated rings. The fourth-order valence-corrected chi connectivity index (χ4v) is 4.98. The Morgan fingerprint density at radius 2 is 1.39 bits per heavy atom. The third-order valence-electron chi connectivity index (χ3n) is 6.75. The number of nitro benzene ring substituents is 1. The monoisotopic (exact) mass is 636 g/mol. The van der Waals surface area contributed by atoms with Crippen LogP contribution in [-0.4, -0.2) is 94.8 Å². The van der Waals surface area contributed by atoms with Gasteiger partial charge in [-0.15, -0.1) is 0 Å². The minimum Gasteiger partial charge on any atom is -0.480 e. The Labute approximate surface area is 253 Å². The van der Waals surface area contributed by atoms with E-state index < -0.39 is 33.1 Å². The lowest BCUT2D eigenvalue weighted by Crippen LogP contribution is -2.45. The number of carbonyl (C=O) groups excluding carboxylic acids is 3. The van der Waals surface area contributed by atoms with Gasteiger partial charge in [0, 0.05) is 30.9 Å². The number of nitrogens with zero attached hydrogens (tertiary/aromatic N) is 3. The highest BCUT2D eigenvalue weighted by molar-refractivity contribution is 7.85. The number of nitrogens with one attached hydrogen (secondary N) is 1. The van der Waals surface area contributed by atoms with Gasteiger partial charge in [0.2, 0.25) is 17.7 Å². The van der Waals surface area contributed by atoms with E-state index in [0.29, 0.717) is 31.6 Å². The highest BCUT2D eigenvalue weighted by Crippen LogP contribution is 2.21. The first kappa shape index (κ1) is 35.7. The lowest BCUT2D eigenvalue weighted by atomic mass is 10.2. The van der Waals surface area contributed by atoms with Gasteiger partial charge in [0.1, 0.15) is 12.1 Å². The largest absolute Gasteiger partial charge is 0.480 e. The van der Waals surface area contributed by atoms with Crippen LogP contribution < -0.4 is 16.8 Å². The van der Waals surface area contributed by atoms with Gasteiger partial charge in [-0.25, -0.2) is 4.79 Å². The molecule has 16 nitrogen and oxygen atoms in total. The van der Waals surface area contributed by atoms with E-state index in [0.717, 1.165) is 18.4 Å². The van der Waals surface area contributed by atoms with E-state index in [9.17, 15) is 37.7 Å². The lowest BCUT2D eigenvalue weighted by Gasteiger charge is -2.23. The number of carboxylic acid groups (broad SMARTS) is 1. The minimum absolute atomic E-state index is 0.0474. The maximum absolute atomic E-state index is 12.2. The van der Waals surface area contributed by atoms with Gasteiger partial charge in [-0.05, 0) is 56.9 Å². The van der Waals surface area contributed by atoms with Crippen molar-refractivity contribution in [3.63, 3.8) is 0 Å². The first-order chi connectivity index (χ1) is 20.7. The molecule has 4 rings (SSSR count). The fourth-order valence-electron chi connectivity index (χ4n) is 4.50. The summed E-state index contributed by atoms with van der Waals surface area (Å²) in [5.41, 5.74) is 11.8. The summed E-state index contributed by atoms with van der Waals surface area (Å²) in [6, 6.07) is 10.3. The Morgan fingerprint density at radius 3 is 1.82 bits per heavy atom. The quantitative estimate of drug-likeness (QED) is 0.160. The van der Waals surface area contributed by atoms with E-state index in [1.54, 1.807) is 12.1 Å². The summed E-state index contributed by atoms with van der Waals surface area (Å²) in [5, 5.41) is 21.9. The maximum Gasteiger partial charge on any atom is 0.326 e. The summed E-state index contributed by atoms with van der Waals surface area (Å²) < 4.78 is 29.6. The number of hydrogen-bond acceptors (Lipinski definition) is 10. The zero-order chi connectivity index (χ0) is 33.0. The number of likely N-dealkylation sites (tertiary alicyclic amines) is 2. The predicted octanol–water partition coefficient (Wildman–Crippen LogP) is 0.745. The summed E-state index contributed by atoms with van der Waals surface area (Å²) in [6.45, 7) is 2.65. The van der Waals surface area contributed by atoms with Crippen molar-refractivity contribution in [3.05, 3.63) is 64.2 Å². The van der Waals surface area contributed by atoms with Crippen LogP contribution in [0.25, 0.3) is 0 Å². The molecule has 0 unspecified atom stereocenters. The van der Waals surface area contributed by atoms with E-state index >= 15 is 0 Å². The molecule has 2 saturated heterocycles. The normalized spacial score (nSPS) is 17.5. The molecule has 3 amide bonds. The third kappa shape index (κ3) is 10.4. The van der Waals surface area contributed by atoms with Gasteiger partial charge in [0.25, 0.3) is 15.8 Å². The van der Waals surface area contributed by atoms with Crippen LogP contribution in [0, 0.1) is 17.0 Å². The number of benzene rings is 2. The van der Waals surface area contributed by atoms with E-state index in [1.807, 2.05) is 6.92 Å². The molecule has 2 aliphatic rings. The van der Waals surface area contributed by atoms with E-state index in [-0.39, 0.29) is 41.4 Å². The average molecular weight is 637 g/mol. The number of carboxylic acids is 1. The first-order valence-corrected chi connectivity index (χ1v) is 14.9. The second-order valence-corrected chi connectivity index (χ2v) is 11.2. The van der Waals surface area contributed by atoms with Crippen molar-refractivity contribution < 1.29 is 42.2 Å². The SMILES string of the molecule is Cc1ccc(S(=O)(=O)O)cc1.NCC(=O)N1CCC[C@H]1C(=O)Nc1ccc([N+](=O)[O-])cc1.NCC(=O)N1CCC[C@H]1C(=O)O. The summed E-state index contributed by atoms with van der Waals surface area (Å²) in [7, 11) is -4.02. The molecule has 0 aliphatic carbocycles. The van der Waals surface area contributed by atoms with Crippen molar-refractivity contribution >= 4 is 45.2 Å². The van der Waals surface area contributed by atoms with Crippen molar-refractivity contribution in [2.45, 2.75) is 49.6 Å². The predicted molar refractivity (Wildman–Crippen MR) is 158 cm³/mol. The van der Waals surface area contributed by atoms with Crippen LogP contribution in [0.1, 0.15) is 31.2 Å². The average Bonchev–Trinajstić information content (AvgIpc) is 3.68. The molecular weight excluding hydrogens is 600 g/mol. The number of amides is 3. The number of nitrogens with two attached hydrogens (primary N) is 2. The zero-order valence-electron chi connectivity index (χ0n) is 24.0. The van der Waals surface area contributed by atoms with Crippen molar-refractivity contribution in [1.29, 1.82) is 0 Å². The Morgan fingerprint density at radius 1 is 0.909 bits per heavy atom. The number of non-ortho nitro benzene ring substituents is 1. The molecule has 2 aliphatic heterocycles. The fraction of sp³-hybridized carbons (Fsp3) is 0.407. The standard InChI is InChI=1S/C13H16N4O4.C7H12N2O3.C7H8O3S/c14-8-12(18)16-7-1-2-11(16)13(19)15-9-3-5-10(6-4-9)17(20)21;8-4-6(10)9-3-1-2-5(9)7(11)12;1-6-2-4-7(5-3-6)11(8,9)10/h3-6,11H,1-2,7-8,14H2,(H,15,19);5H,1-4,8H2,(H,11,12);2-5H,1H3,(H,8,9,10)/t11-;5-;/m00./s1. The molecule has 44 heavy (non-hydrogen) atoms. The number of aryl methyl sites for hydroxylation is 1. The van der Waals surface area contributed by atoms with Gasteiger partial charge in [-0.3, -0.25) is 29.1 Å². The minimum atomic E-state index is -4.02. The van der Waals surface area contributed by atoms with Gasteiger partial charge in [-0.1, -0.05) is 17.7 Å². The summed E-state index contributed by atoms with van der Waals surface area (Å²) in [6.07, 6.45) is 2.64. The highest BCUT2D eigenvalue weighted by Gasteiger charge is 2.34. The molecule has 0 bridgehead atoms. The van der Waals surface area contributed by atoms with Crippen LogP contribution in [0.15, 0.2) is 53.4 Å². The van der Waals surface area contributed by atoms with Gasteiger partial charge >= 0.3 is 5.97 Å². The van der Waals surface area contributed by atoms with Crippen molar-refractivity contribution in [3.8, 4) is 0 Å². The number of hydrogen-bond donors (Lipinski definition) is 5. The van der Waals surface area contributed by atoms with Gasteiger partial charge in [0.15, 0.2) is 0 Å². The molecule has 0 saturated carbocycles. The van der Waals surface area contributed by atoms with Gasteiger partial charge in [0.05, 0.1) is 22.9 Å². The highest BCUT2D eigenvalue weighted by atomic mass is 32.2. The molecule has 0 spiro atoms. The Balaban J connectivity index is 0.000000250. The molecular formula is C27H36N6O10S. The van der Waals surface area contributed by atoms with Crippen LogP contribution in [0.4, 0.5) is 11.4 Å². The molecule has 7 N–H and O–H groups in total. The molecule has 0 aromatic heterocycles. The van der Waals surface area contributed by atoms with E-state index in [4.69, 9.17) is 21.1 Å². The molecule has 2 atom stereocenters. The van der Waals surface area contributed by atoms with Gasteiger partial charge < -0.3 is 31.7 Å². The molecule has 2 aromatic carbocycles.